The summed E-state index contributed by atoms with van der Waals surface area (Å²) >= 11 is 3.41. The van der Waals surface area contributed by atoms with Crippen molar-refractivity contribution in [3.63, 3.8) is 0 Å². The van der Waals surface area contributed by atoms with Gasteiger partial charge in [-0.05, 0) is 53.9 Å². The van der Waals surface area contributed by atoms with E-state index >= 15 is 0 Å². The van der Waals surface area contributed by atoms with Crippen LogP contribution in [-0.2, 0) is 20.8 Å². The minimum atomic E-state index is -1.72. The van der Waals surface area contributed by atoms with Gasteiger partial charge in [-0.3, -0.25) is 19.7 Å². The highest BCUT2D eigenvalue weighted by molar-refractivity contribution is 9.10. The lowest BCUT2D eigenvalue weighted by Crippen LogP contribution is -2.57. The molecule has 2 heterocycles. The smallest absolute Gasteiger partial charge is 0.325 e. The molecule has 0 bridgehead atoms. The Balaban J connectivity index is 1.66. The summed E-state index contributed by atoms with van der Waals surface area (Å²) < 4.78 is 0.847. The third-order valence-corrected chi connectivity index (χ3v) is 7.57. The Labute approximate surface area is 210 Å². The van der Waals surface area contributed by atoms with Gasteiger partial charge in [0.15, 0.2) is 0 Å². The monoisotopic (exact) mass is 534 g/mol. The zero-order valence-electron chi connectivity index (χ0n) is 18.8. The number of para-hydroxylation sites is 1. The van der Waals surface area contributed by atoms with Gasteiger partial charge in [0, 0.05) is 16.9 Å². The van der Waals surface area contributed by atoms with Gasteiger partial charge in [-0.2, -0.15) is 0 Å². The summed E-state index contributed by atoms with van der Waals surface area (Å²) in [5.41, 5.74) is 0.855. The van der Waals surface area contributed by atoms with Crippen LogP contribution in [0.4, 0.5) is 5.69 Å². The van der Waals surface area contributed by atoms with E-state index in [1.807, 2.05) is 43.3 Å². The first-order chi connectivity index (χ1) is 16.7. The molecule has 0 radical (unpaired) electrons. The van der Waals surface area contributed by atoms with Gasteiger partial charge in [-0.25, -0.2) is 4.90 Å². The number of fused-ring (bicyclic) bond motifs is 1. The summed E-state index contributed by atoms with van der Waals surface area (Å²) in [4.78, 5) is 41.8. The largest absolute Gasteiger partial charge is 0.508 e. The highest BCUT2D eigenvalue weighted by Crippen LogP contribution is 2.51. The minimum Gasteiger partial charge on any atom is -0.508 e. The SMILES string of the molecule is Cc1ccccc1N1C(=O)C2C(c3ccc(Br)cc3)NC(Cc3ccc(O)cc3)(C(=O)O)C2C1=O. The number of rotatable bonds is 5. The maximum absolute atomic E-state index is 13.9. The minimum absolute atomic E-state index is 0.0303. The van der Waals surface area contributed by atoms with E-state index in [1.54, 1.807) is 24.3 Å². The Kier molecular flexibility index (Phi) is 5.73. The summed E-state index contributed by atoms with van der Waals surface area (Å²) in [6.45, 7) is 1.81. The molecule has 8 heteroatoms. The van der Waals surface area contributed by atoms with Crippen LogP contribution in [0.25, 0.3) is 0 Å². The van der Waals surface area contributed by atoms with Gasteiger partial charge in [-0.1, -0.05) is 58.4 Å². The number of carbonyl (C=O) groups excluding carboxylic acids is 2. The number of benzene rings is 3. The van der Waals surface area contributed by atoms with Gasteiger partial charge in [0.25, 0.3) is 0 Å². The average Bonchev–Trinajstić information content (AvgIpc) is 3.31. The van der Waals surface area contributed by atoms with Crippen LogP contribution in [0.1, 0.15) is 22.7 Å². The van der Waals surface area contributed by atoms with Gasteiger partial charge in [0.1, 0.15) is 11.3 Å². The van der Waals surface area contributed by atoms with Gasteiger partial charge in [0.2, 0.25) is 11.8 Å². The highest BCUT2D eigenvalue weighted by atomic mass is 79.9. The molecule has 3 N–H and O–H groups in total. The maximum atomic E-state index is 13.9. The van der Waals surface area contributed by atoms with E-state index in [0.717, 1.165) is 20.5 Å². The predicted molar refractivity (Wildman–Crippen MR) is 133 cm³/mol. The first-order valence-electron chi connectivity index (χ1n) is 11.2. The zero-order chi connectivity index (χ0) is 24.9. The summed E-state index contributed by atoms with van der Waals surface area (Å²) in [5.74, 6) is -4.09. The van der Waals surface area contributed by atoms with Crippen molar-refractivity contribution in [3.8, 4) is 5.75 Å². The summed E-state index contributed by atoms with van der Waals surface area (Å²) in [5, 5.41) is 23.4. The zero-order valence-corrected chi connectivity index (χ0v) is 20.4. The summed E-state index contributed by atoms with van der Waals surface area (Å²) in [7, 11) is 0. The van der Waals surface area contributed by atoms with Crippen molar-refractivity contribution >= 4 is 39.4 Å². The number of anilines is 1. The average molecular weight is 535 g/mol. The number of aliphatic carboxylic acids is 1. The van der Waals surface area contributed by atoms with Crippen molar-refractivity contribution < 1.29 is 24.6 Å². The first-order valence-corrected chi connectivity index (χ1v) is 12.0. The molecule has 0 spiro atoms. The number of nitrogens with one attached hydrogen (secondary N) is 1. The first kappa shape index (κ1) is 23.3. The summed E-state index contributed by atoms with van der Waals surface area (Å²) in [6, 6.07) is 19.9. The second-order valence-corrected chi connectivity index (χ2v) is 10.0. The molecule has 4 atom stereocenters. The van der Waals surface area contributed by atoms with E-state index in [1.165, 1.54) is 12.1 Å². The third kappa shape index (κ3) is 3.73. The number of imide groups is 1. The van der Waals surface area contributed by atoms with Gasteiger partial charge in [-0.15, -0.1) is 0 Å². The molecule has 0 aliphatic carbocycles. The molecule has 4 unspecified atom stereocenters. The van der Waals surface area contributed by atoms with E-state index in [-0.39, 0.29) is 12.2 Å². The van der Waals surface area contributed by atoms with E-state index < -0.39 is 41.2 Å². The van der Waals surface area contributed by atoms with Crippen molar-refractivity contribution in [1.29, 1.82) is 0 Å². The molecular formula is C27H23BrN2O5. The van der Waals surface area contributed by atoms with Crippen LogP contribution in [0, 0.1) is 18.8 Å². The Bertz CT molecular complexity index is 1320. The summed E-state index contributed by atoms with van der Waals surface area (Å²) in [6.07, 6.45) is -0.0303. The van der Waals surface area contributed by atoms with Crippen molar-refractivity contribution in [3.05, 3.63) is 94.0 Å². The number of phenolic OH excluding ortho intramolecular Hbond substituents is 1. The standard InChI is InChI=1S/C27H23BrN2O5/c1-15-4-2-3-5-20(15)30-24(32)21-22(25(30)33)27(26(34)35,14-16-6-12-19(31)13-7-16)29-23(21)17-8-10-18(28)11-9-17/h2-13,21-23,29,31H,14H2,1H3,(H,34,35). The molecule has 3 aromatic carbocycles. The number of halogens is 1. The number of phenols is 1. The van der Waals surface area contributed by atoms with Crippen molar-refractivity contribution in [1.82, 2.24) is 5.32 Å². The number of hydrogen-bond acceptors (Lipinski definition) is 5. The molecule has 2 aliphatic rings. The molecule has 0 saturated carbocycles. The van der Waals surface area contributed by atoms with Crippen molar-refractivity contribution in [2.75, 3.05) is 4.90 Å². The second kappa shape index (κ2) is 8.62. The van der Waals surface area contributed by atoms with Gasteiger partial charge >= 0.3 is 5.97 Å². The Hall–Kier alpha value is -3.49. The Morgan fingerprint density at radius 3 is 2.29 bits per heavy atom. The number of amides is 2. The van der Waals surface area contributed by atoms with Crippen molar-refractivity contribution in [2.24, 2.45) is 11.8 Å². The second-order valence-electron chi connectivity index (χ2n) is 9.10. The molecule has 2 amide bonds. The quantitative estimate of drug-likeness (QED) is 0.427. The molecule has 2 aliphatic heterocycles. The number of aryl methyl sites for hydroxylation is 1. The van der Waals surface area contributed by atoms with Crippen molar-refractivity contribution in [2.45, 2.75) is 24.9 Å². The van der Waals surface area contributed by atoms with Crippen LogP contribution >= 0.6 is 15.9 Å². The van der Waals surface area contributed by atoms with E-state index in [9.17, 15) is 24.6 Å². The van der Waals surface area contributed by atoms with Crippen LogP contribution in [0.5, 0.6) is 5.75 Å². The molecular weight excluding hydrogens is 512 g/mol. The fourth-order valence-electron chi connectivity index (χ4n) is 5.38. The fourth-order valence-corrected chi connectivity index (χ4v) is 5.65. The molecule has 3 aromatic rings. The van der Waals surface area contributed by atoms with Crippen LogP contribution < -0.4 is 10.2 Å². The third-order valence-electron chi connectivity index (χ3n) is 7.04. The Morgan fingerprint density at radius 2 is 1.66 bits per heavy atom. The Morgan fingerprint density at radius 1 is 1.00 bits per heavy atom. The molecule has 2 fully saturated rings. The topological polar surface area (TPSA) is 107 Å². The number of carboxylic acids is 1. The maximum Gasteiger partial charge on any atom is 0.325 e. The number of aromatic hydroxyl groups is 1. The van der Waals surface area contributed by atoms with E-state index in [4.69, 9.17) is 0 Å². The fraction of sp³-hybridized carbons (Fsp3) is 0.222. The molecule has 35 heavy (non-hydrogen) atoms. The van der Waals surface area contributed by atoms with Crippen LogP contribution in [0.2, 0.25) is 0 Å². The van der Waals surface area contributed by atoms with E-state index in [0.29, 0.717) is 11.3 Å². The van der Waals surface area contributed by atoms with Gasteiger partial charge in [0.05, 0.1) is 17.5 Å². The number of nitrogens with zero attached hydrogens (tertiary/aromatic N) is 1. The van der Waals surface area contributed by atoms with Crippen LogP contribution in [-0.4, -0.2) is 33.5 Å². The van der Waals surface area contributed by atoms with Gasteiger partial charge < -0.3 is 10.2 Å². The molecule has 2 saturated heterocycles. The molecule has 178 valence electrons. The molecule has 0 aromatic heterocycles. The normalized spacial score (nSPS) is 25.7. The number of carbonyl (C=O) groups is 3. The van der Waals surface area contributed by atoms with Crippen LogP contribution in [0.3, 0.4) is 0 Å². The predicted octanol–water partition coefficient (Wildman–Crippen LogP) is 3.98. The van der Waals surface area contributed by atoms with E-state index in [2.05, 4.69) is 21.2 Å². The lowest BCUT2D eigenvalue weighted by atomic mass is 9.76. The number of hydrogen-bond donors (Lipinski definition) is 3. The molecule has 7 nitrogen and oxygen atoms in total. The highest BCUT2D eigenvalue weighted by Gasteiger charge is 2.68. The number of carboxylic acid groups (broad SMARTS) is 1. The lowest BCUT2D eigenvalue weighted by Gasteiger charge is -2.31. The molecule has 5 rings (SSSR count). The van der Waals surface area contributed by atoms with Crippen LogP contribution in [0.15, 0.2) is 77.3 Å². The lowest BCUT2D eigenvalue weighted by molar-refractivity contribution is -0.148.